The molecule has 0 unspecified atom stereocenters. The minimum atomic E-state index is -0.692. The number of thiazole rings is 1. The van der Waals surface area contributed by atoms with Gasteiger partial charge in [0.15, 0.2) is 4.80 Å². The molecule has 4 aromatic rings. The zero-order valence-electron chi connectivity index (χ0n) is 13.0. The molecule has 0 atom stereocenters. The summed E-state index contributed by atoms with van der Waals surface area (Å²) in [5.74, 6) is -1.29. The van der Waals surface area contributed by atoms with Gasteiger partial charge in [0, 0.05) is 12.4 Å². The number of fused-ring (bicyclic) bond motifs is 3. The summed E-state index contributed by atoms with van der Waals surface area (Å²) in [6.45, 7) is 0. The normalized spacial score (nSPS) is 12.1. The fourth-order valence-corrected chi connectivity index (χ4v) is 3.74. The first-order valence-electron chi connectivity index (χ1n) is 7.35. The molecule has 1 amide bonds. The molecule has 0 N–H and O–H groups in total. The number of hydrogen-bond acceptors (Lipinski definition) is 5. The number of benzene rings is 2. The highest BCUT2D eigenvalue weighted by atomic mass is 32.1. The summed E-state index contributed by atoms with van der Waals surface area (Å²) in [5.41, 5.74) is 0.986. The quantitative estimate of drug-likeness (QED) is 0.406. The molecule has 8 heteroatoms. The number of carbonyl (C=O) groups excluding carboxylic acids is 1. The second kappa shape index (κ2) is 5.67. The van der Waals surface area contributed by atoms with Gasteiger partial charge in [-0.25, -0.2) is 0 Å². The fourth-order valence-electron chi connectivity index (χ4n) is 2.71. The molecule has 124 valence electrons. The van der Waals surface area contributed by atoms with Gasteiger partial charge in [0.1, 0.15) is 4.92 Å². The van der Waals surface area contributed by atoms with Gasteiger partial charge >= 0.3 is 11.8 Å². The zero-order valence-corrected chi connectivity index (χ0v) is 13.8. The molecule has 4 rings (SSSR count). The van der Waals surface area contributed by atoms with Crippen molar-refractivity contribution in [3.05, 3.63) is 69.2 Å². The summed E-state index contributed by atoms with van der Waals surface area (Å²) < 4.78 is 7.76. The van der Waals surface area contributed by atoms with Crippen LogP contribution in [-0.2, 0) is 7.05 Å². The van der Waals surface area contributed by atoms with E-state index in [1.807, 2.05) is 48.0 Å². The van der Waals surface area contributed by atoms with Gasteiger partial charge in [0.25, 0.3) is 0 Å². The van der Waals surface area contributed by atoms with Crippen LogP contribution in [-0.4, -0.2) is 15.4 Å². The van der Waals surface area contributed by atoms with Gasteiger partial charge in [-0.05, 0) is 17.5 Å². The minimum Gasteiger partial charge on any atom is -0.395 e. The Morgan fingerprint density at radius 2 is 2.00 bits per heavy atom. The van der Waals surface area contributed by atoms with Gasteiger partial charge in [0.05, 0.1) is 16.3 Å². The van der Waals surface area contributed by atoms with Crippen LogP contribution >= 0.6 is 11.3 Å². The van der Waals surface area contributed by atoms with E-state index in [0.29, 0.717) is 4.80 Å². The van der Waals surface area contributed by atoms with E-state index in [1.165, 1.54) is 17.4 Å². The molecule has 0 saturated carbocycles. The Kier molecular flexibility index (Phi) is 3.47. The summed E-state index contributed by atoms with van der Waals surface area (Å²) in [7, 11) is 1.84. The highest BCUT2D eigenvalue weighted by molar-refractivity contribution is 7.16. The Balaban J connectivity index is 1.87. The van der Waals surface area contributed by atoms with E-state index in [2.05, 4.69) is 4.99 Å². The Morgan fingerprint density at radius 3 is 2.76 bits per heavy atom. The van der Waals surface area contributed by atoms with Gasteiger partial charge in [0.2, 0.25) is 5.76 Å². The third-order valence-electron chi connectivity index (χ3n) is 3.87. The molecule has 2 aromatic carbocycles. The molecule has 0 spiro atoms. The number of hydrogen-bond donors (Lipinski definition) is 0. The van der Waals surface area contributed by atoms with Crippen molar-refractivity contribution in [2.75, 3.05) is 0 Å². The van der Waals surface area contributed by atoms with Gasteiger partial charge in [-0.3, -0.25) is 14.9 Å². The molecule has 0 aliphatic carbocycles. The van der Waals surface area contributed by atoms with Crippen molar-refractivity contribution in [3.8, 4) is 0 Å². The second-order valence-corrected chi connectivity index (χ2v) is 6.40. The molecule has 0 saturated heterocycles. The lowest BCUT2D eigenvalue weighted by Gasteiger charge is -2.01. The first kappa shape index (κ1) is 15.3. The van der Waals surface area contributed by atoms with E-state index in [9.17, 15) is 14.9 Å². The van der Waals surface area contributed by atoms with Gasteiger partial charge in [-0.1, -0.05) is 41.7 Å². The van der Waals surface area contributed by atoms with E-state index in [0.717, 1.165) is 27.1 Å². The van der Waals surface area contributed by atoms with E-state index in [4.69, 9.17) is 4.42 Å². The van der Waals surface area contributed by atoms with Crippen LogP contribution in [0.4, 0.5) is 5.88 Å². The highest BCUT2D eigenvalue weighted by Gasteiger charge is 2.17. The van der Waals surface area contributed by atoms with Crippen molar-refractivity contribution < 1.29 is 14.1 Å². The van der Waals surface area contributed by atoms with Crippen LogP contribution in [0.3, 0.4) is 0 Å². The predicted octanol–water partition coefficient (Wildman–Crippen LogP) is 3.64. The predicted molar refractivity (Wildman–Crippen MR) is 93.6 cm³/mol. The number of nitro groups is 1. The van der Waals surface area contributed by atoms with Crippen molar-refractivity contribution in [1.82, 2.24) is 4.57 Å². The van der Waals surface area contributed by atoms with Crippen LogP contribution in [0, 0.1) is 10.1 Å². The SMILES string of the molecule is Cn1c(=NC(=O)c2ccc([N+](=O)[O-])o2)sc2ccc3ccccc3c21. The number of rotatable bonds is 2. The topological polar surface area (TPSA) is 90.6 Å². The standard InChI is InChI=1S/C17H11N3O4S/c1-19-15-11-5-3-2-4-10(11)6-8-13(15)25-17(19)18-16(21)12-7-9-14(24-12)20(22)23/h2-9H,1H3. The number of furan rings is 1. The molecular weight excluding hydrogens is 342 g/mol. The average Bonchev–Trinajstić information content (AvgIpc) is 3.21. The van der Waals surface area contributed by atoms with Crippen LogP contribution in [0.1, 0.15) is 10.6 Å². The maximum atomic E-state index is 12.3. The van der Waals surface area contributed by atoms with E-state index >= 15 is 0 Å². The van der Waals surface area contributed by atoms with Gasteiger partial charge in [-0.15, -0.1) is 0 Å². The summed E-state index contributed by atoms with van der Waals surface area (Å²) in [5, 5.41) is 12.8. The lowest BCUT2D eigenvalue weighted by molar-refractivity contribution is -0.402. The largest absolute Gasteiger partial charge is 0.433 e. The van der Waals surface area contributed by atoms with Crippen LogP contribution in [0.15, 0.2) is 57.9 Å². The van der Waals surface area contributed by atoms with Crippen LogP contribution in [0.2, 0.25) is 0 Å². The number of carbonyl (C=O) groups is 1. The summed E-state index contributed by atoms with van der Waals surface area (Å²) in [6.07, 6.45) is 0. The van der Waals surface area contributed by atoms with Crippen molar-refractivity contribution >= 4 is 44.1 Å². The zero-order chi connectivity index (χ0) is 17.6. The Hall–Kier alpha value is -3.26. The summed E-state index contributed by atoms with van der Waals surface area (Å²) >= 11 is 1.37. The van der Waals surface area contributed by atoms with Gasteiger partial charge < -0.3 is 8.98 Å². The first-order chi connectivity index (χ1) is 12.0. The second-order valence-electron chi connectivity index (χ2n) is 5.39. The maximum absolute atomic E-state index is 12.3. The van der Waals surface area contributed by atoms with Crippen molar-refractivity contribution in [2.24, 2.45) is 12.0 Å². The fraction of sp³-hybridized carbons (Fsp3) is 0.0588. The van der Waals surface area contributed by atoms with Crippen molar-refractivity contribution in [2.45, 2.75) is 0 Å². The van der Waals surface area contributed by atoms with Crippen LogP contribution < -0.4 is 4.80 Å². The molecule has 7 nitrogen and oxygen atoms in total. The summed E-state index contributed by atoms with van der Waals surface area (Å²) in [4.78, 5) is 26.8. The molecule has 0 aliphatic rings. The van der Waals surface area contributed by atoms with Crippen molar-refractivity contribution in [3.63, 3.8) is 0 Å². The first-order valence-corrected chi connectivity index (χ1v) is 8.17. The number of aryl methyl sites for hydroxylation is 1. The van der Waals surface area contributed by atoms with Gasteiger partial charge in [-0.2, -0.15) is 4.99 Å². The van der Waals surface area contributed by atoms with E-state index in [-0.39, 0.29) is 5.76 Å². The molecular formula is C17H11N3O4S. The monoisotopic (exact) mass is 353 g/mol. The minimum absolute atomic E-state index is 0.158. The molecule has 0 bridgehead atoms. The Bertz CT molecular complexity index is 1220. The molecule has 0 radical (unpaired) electrons. The number of aromatic nitrogens is 1. The van der Waals surface area contributed by atoms with Crippen LogP contribution in [0.25, 0.3) is 21.0 Å². The van der Waals surface area contributed by atoms with Crippen molar-refractivity contribution in [1.29, 1.82) is 0 Å². The van der Waals surface area contributed by atoms with E-state index in [1.54, 1.807) is 0 Å². The smallest absolute Gasteiger partial charge is 0.395 e. The molecule has 2 heterocycles. The highest BCUT2D eigenvalue weighted by Crippen LogP contribution is 2.26. The number of amides is 1. The maximum Gasteiger partial charge on any atom is 0.433 e. The Morgan fingerprint density at radius 1 is 1.20 bits per heavy atom. The summed E-state index contributed by atoms with van der Waals surface area (Å²) in [6, 6.07) is 14.4. The lowest BCUT2D eigenvalue weighted by atomic mass is 10.1. The molecule has 25 heavy (non-hydrogen) atoms. The third-order valence-corrected chi connectivity index (χ3v) is 4.96. The third kappa shape index (κ3) is 2.52. The van der Waals surface area contributed by atoms with E-state index < -0.39 is 16.7 Å². The Labute approximate surface area is 144 Å². The molecule has 2 aromatic heterocycles. The van der Waals surface area contributed by atoms with Crippen LogP contribution in [0.5, 0.6) is 0 Å². The number of nitrogens with zero attached hydrogens (tertiary/aromatic N) is 3. The molecule has 0 fully saturated rings. The molecule has 0 aliphatic heterocycles. The average molecular weight is 353 g/mol. The lowest BCUT2D eigenvalue weighted by Crippen LogP contribution is -2.13.